The molecule has 1 amide bonds. The Morgan fingerprint density at radius 2 is 2.06 bits per heavy atom. The number of carboxylic acid groups (broad SMARTS) is 1. The molecule has 0 aromatic heterocycles. The lowest BCUT2D eigenvalue weighted by Crippen LogP contribution is -2.07. The average Bonchev–Trinajstić information content (AvgIpc) is 2.31. The third-order valence-electron chi connectivity index (χ3n) is 2.33. The molecule has 1 N–H and O–H groups in total. The van der Waals surface area contributed by atoms with E-state index in [2.05, 4.69) is 4.99 Å². The zero-order chi connectivity index (χ0) is 13.0. The van der Waals surface area contributed by atoms with Crippen LogP contribution in [0, 0.1) is 0 Å². The van der Waals surface area contributed by atoms with E-state index in [1.165, 1.54) is 6.21 Å². The lowest BCUT2D eigenvalue weighted by Gasteiger charge is -2.10. The second-order valence-corrected chi connectivity index (χ2v) is 3.80. The third kappa shape index (κ3) is 3.28. The van der Waals surface area contributed by atoms with Crippen LogP contribution in [0.2, 0.25) is 0 Å². The molecule has 1 heterocycles. The molecule has 5 nitrogen and oxygen atoms in total. The first-order valence-electron chi connectivity index (χ1n) is 5.38. The Kier molecular flexibility index (Phi) is 3.52. The smallest absolute Gasteiger partial charge is 0.307 e. The molecule has 0 saturated carbocycles. The minimum atomic E-state index is -0.875. The number of hydrogen-bond acceptors (Lipinski definition) is 3. The number of hydrogen-bond donors (Lipinski definition) is 1. The summed E-state index contributed by atoms with van der Waals surface area (Å²) in [4.78, 5) is 25.2. The van der Waals surface area contributed by atoms with Crippen molar-refractivity contribution in [2.24, 2.45) is 4.99 Å². The van der Waals surface area contributed by atoms with E-state index in [4.69, 9.17) is 9.84 Å². The molecule has 0 unspecified atom stereocenters. The predicted octanol–water partition coefficient (Wildman–Crippen LogP) is 1.58. The Hall–Kier alpha value is -2.43. The van der Waals surface area contributed by atoms with Crippen LogP contribution >= 0.6 is 0 Å². The van der Waals surface area contributed by atoms with Crippen LogP contribution in [0.5, 0.6) is 5.75 Å². The highest BCUT2D eigenvalue weighted by Crippen LogP contribution is 2.18. The molecule has 0 atom stereocenters. The average molecular weight is 245 g/mol. The molecule has 1 aliphatic heterocycles. The number of ether oxygens (including phenoxy) is 1. The predicted molar refractivity (Wildman–Crippen MR) is 64.6 cm³/mol. The van der Waals surface area contributed by atoms with Crippen LogP contribution in [-0.4, -0.2) is 23.2 Å². The second kappa shape index (κ2) is 5.27. The van der Waals surface area contributed by atoms with Crippen LogP contribution in [0.25, 0.3) is 0 Å². The van der Waals surface area contributed by atoms with Crippen molar-refractivity contribution in [2.75, 3.05) is 0 Å². The fraction of sp³-hybridized carbons (Fsp3) is 0.154. The van der Waals surface area contributed by atoms with Crippen LogP contribution in [-0.2, 0) is 16.0 Å². The first kappa shape index (κ1) is 12.0. The van der Waals surface area contributed by atoms with Gasteiger partial charge in [0.05, 0.1) is 12.8 Å². The van der Waals surface area contributed by atoms with Crippen LogP contribution in [0.4, 0.5) is 0 Å². The number of dihydropyridines is 1. The highest BCUT2D eigenvalue weighted by Gasteiger charge is 2.10. The summed E-state index contributed by atoms with van der Waals surface area (Å²) in [5.41, 5.74) is 0.699. The monoisotopic (exact) mass is 245 g/mol. The summed E-state index contributed by atoms with van der Waals surface area (Å²) >= 11 is 0. The van der Waals surface area contributed by atoms with Crippen molar-refractivity contribution in [1.82, 2.24) is 0 Å². The van der Waals surface area contributed by atoms with Crippen molar-refractivity contribution in [2.45, 2.75) is 12.8 Å². The number of aliphatic carboxylic acids is 1. The Labute approximate surface area is 103 Å². The molecule has 1 aliphatic rings. The second-order valence-electron chi connectivity index (χ2n) is 3.80. The zero-order valence-corrected chi connectivity index (χ0v) is 9.50. The number of allylic oxidation sites excluding steroid dienone is 1. The minimum absolute atomic E-state index is 0.0197. The van der Waals surface area contributed by atoms with Crippen molar-refractivity contribution >= 4 is 18.1 Å². The zero-order valence-electron chi connectivity index (χ0n) is 9.50. The lowest BCUT2D eigenvalue weighted by atomic mass is 10.1. The summed E-state index contributed by atoms with van der Waals surface area (Å²) in [5, 5.41) is 8.63. The van der Waals surface area contributed by atoms with Crippen LogP contribution in [0.3, 0.4) is 0 Å². The molecule has 0 bridgehead atoms. The fourth-order valence-electron chi connectivity index (χ4n) is 1.53. The number of benzene rings is 1. The Morgan fingerprint density at radius 1 is 1.33 bits per heavy atom. The first-order valence-corrected chi connectivity index (χ1v) is 5.38. The maximum Gasteiger partial charge on any atom is 0.307 e. The van der Waals surface area contributed by atoms with Gasteiger partial charge in [0.2, 0.25) is 0 Å². The van der Waals surface area contributed by atoms with Gasteiger partial charge in [-0.15, -0.1) is 0 Å². The standard InChI is InChI=1S/C13H11NO4/c15-12-8-11(5-6-14-12)18-10-3-1-9(2-4-10)7-13(16)17/h1-6H,7-8H2,(H,16,17). The Balaban J connectivity index is 2.02. The van der Waals surface area contributed by atoms with E-state index >= 15 is 0 Å². The number of amides is 1. The normalized spacial score (nSPS) is 14.2. The Morgan fingerprint density at radius 3 is 2.67 bits per heavy atom. The van der Waals surface area contributed by atoms with Gasteiger partial charge in [0.25, 0.3) is 5.91 Å². The van der Waals surface area contributed by atoms with Gasteiger partial charge in [-0.3, -0.25) is 9.59 Å². The summed E-state index contributed by atoms with van der Waals surface area (Å²) in [6, 6.07) is 6.72. The lowest BCUT2D eigenvalue weighted by molar-refractivity contribution is -0.136. The van der Waals surface area contributed by atoms with Gasteiger partial charge in [0, 0.05) is 6.21 Å². The molecular formula is C13H11NO4. The highest BCUT2D eigenvalue weighted by atomic mass is 16.5. The summed E-state index contributed by atoms with van der Waals surface area (Å²) in [7, 11) is 0. The summed E-state index contributed by atoms with van der Waals surface area (Å²) in [6.45, 7) is 0. The highest BCUT2D eigenvalue weighted by molar-refractivity contribution is 5.93. The van der Waals surface area contributed by atoms with Gasteiger partial charge in [-0.05, 0) is 23.8 Å². The first-order chi connectivity index (χ1) is 8.63. The van der Waals surface area contributed by atoms with Gasteiger partial charge in [-0.25, -0.2) is 4.99 Å². The van der Waals surface area contributed by atoms with Gasteiger partial charge in [0.15, 0.2) is 0 Å². The summed E-state index contributed by atoms with van der Waals surface area (Å²) in [5.74, 6) is -0.0186. The van der Waals surface area contributed by atoms with E-state index in [0.29, 0.717) is 17.1 Å². The van der Waals surface area contributed by atoms with Gasteiger partial charge >= 0.3 is 5.97 Å². The van der Waals surface area contributed by atoms with Crippen molar-refractivity contribution < 1.29 is 19.4 Å². The number of rotatable bonds is 4. The van der Waals surface area contributed by atoms with E-state index < -0.39 is 5.97 Å². The number of aliphatic imine (C=N–C) groups is 1. The largest absolute Gasteiger partial charge is 0.481 e. The SMILES string of the molecule is O=C(O)Cc1ccc(OC2=CC=NC(=O)C2)cc1. The van der Waals surface area contributed by atoms with Gasteiger partial charge in [-0.1, -0.05) is 12.1 Å². The molecule has 0 aliphatic carbocycles. The fourth-order valence-corrected chi connectivity index (χ4v) is 1.53. The molecule has 5 heteroatoms. The van der Waals surface area contributed by atoms with Gasteiger partial charge < -0.3 is 9.84 Å². The van der Waals surface area contributed by atoms with Gasteiger partial charge in [0.1, 0.15) is 11.5 Å². The molecule has 2 rings (SSSR count). The topological polar surface area (TPSA) is 76.0 Å². The molecule has 92 valence electrons. The molecule has 0 radical (unpaired) electrons. The van der Waals surface area contributed by atoms with E-state index in [-0.39, 0.29) is 18.7 Å². The molecular weight excluding hydrogens is 234 g/mol. The maximum atomic E-state index is 11.1. The summed E-state index contributed by atoms with van der Waals surface area (Å²) in [6.07, 6.45) is 3.16. The van der Waals surface area contributed by atoms with Crippen molar-refractivity contribution in [1.29, 1.82) is 0 Å². The molecule has 18 heavy (non-hydrogen) atoms. The third-order valence-corrected chi connectivity index (χ3v) is 2.33. The molecule has 0 fully saturated rings. The van der Waals surface area contributed by atoms with Crippen LogP contribution in [0.1, 0.15) is 12.0 Å². The van der Waals surface area contributed by atoms with Crippen molar-refractivity contribution in [3.8, 4) is 5.75 Å². The van der Waals surface area contributed by atoms with Gasteiger partial charge in [-0.2, -0.15) is 0 Å². The van der Waals surface area contributed by atoms with E-state index in [9.17, 15) is 9.59 Å². The number of carbonyl (C=O) groups excluding carboxylic acids is 1. The number of carbonyl (C=O) groups is 2. The quantitative estimate of drug-likeness (QED) is 0.873. The molecule has 0 spiro atoms. The van der Waals surface area contributed by atoms with E-state index in [1.807, 2.05) is 0 Å². The number of carboxylic acids is 1. The molecule has 1 aromatic rings. The molecule has 0 saturated heterocycles. The van der Waals surface area contributed by atoms with Crippen molar-refractivity contribution in [3.63, 3.8) is 0 Å². The summed E-state index contributed by atoms with van der Waals surface area (Å²) < 4.78 is 5.49. The number of nitrogens with zero attached hydrogens (tertiary/aromatic N) is 1. The maximum absolute atomic E-state index is 11.1. The van der Waals surface area contributed by atoms with Crippen LogP contribution < -0.4 is 4.74 Å². The van der Waals surface area contributed by atoms with E-state index in [0.717, 1.165) is 0 Å². The van der Waals surface area contributed by atoms with Crippen LogP contribution in [0.15, 0.2) is 41.1 Å². The van der Waals surface area contributed by atoms with E-state index in [1.54, 1.807) is 30.3 Å². The van der Waals surface area contributed by atoms with Crippen molar-refractivity contribution in [3.05, 3.63) is 41.7 Å². The molecule has 1 aromatic carbocycles. The Bertz CT molecular complexity index is 528. The minimum Gasteiger partial charge on any atom is -0.481 e.